The Kier molecular flexibility index (Phi) is 10.0. The van der Waals surface area contributed by atoms with Crippen molar-refractivity contribution in [2.24, 2.45) is 0 Å². The molecule has 8 nitrogen and oxygen atoms in total. The summed E-state index contributed by atoms with van der Waals surface area (Å²) in [5, 5.41) is 18.0. The maximum atomic E-state index is 9.10. The first-order valence-corrected chi connectivity index (χ1v) is 4.62. The van der Waals surface area contributed by atoms with E-state index in [-0.39, 0.29) is 22.5 Å². The van der Waals surface area contributed by atoms with Crippen LogP contribution in [0.1, 0.15) is 5.82 Å². The van der Waals surface area contributed by atoms with Crippen LogP contribution in [-0.4, -0.2) is 33.7 Å². The Labute approximate surface area is 119 Å². The van der Waals surface area contributed by atoms with Crippen LogP contribution >= 0.6 is 0 Å². The maximum Gasteiger partial charge on any atom is 1.00 e. The Morgan fingerprint density at radius 3 is 2.32 bits per heavy atom. The molecule has 0 amide bonds. The first-order valence-electron chi connectivity index (χ1n) is 4.62. The van der Waals surface area contributed by atoms with Crippen LogP contribution in [0.2, 0.25) is 0 Å². The van der Waals surface area contributed by atoms with Crippen molar-refractivity contribution in [1.82, 2.24) is 15.3 Å². The Morgan fingerprint density at radius 2 is 1.95 bits per heavy atom. The number of dihydropyridines is 1. The van der Waals surface area contributed by atoms with E-state index in [1.807, 2.05) is 18.2 Å². The maximum absolute atomic E-state index is 9.10. The number of nitrogens with one attached hydrogen (secondary N) is 1. The van der Waals surface area contributed by atoms with Crippen LogP contribution < -0.4 is 10.3 Å². The van der Waals surface area contributed by atoms with Gasteiger partial charge in [-0.25, -0.2) is 9.59 Å². The smallest absolute Gasteiger partial charge is 0.473 e. The van der Waals surface area contributed by atoms with Crippen molar-refractivity contribution < 1.29 is 42.3 Å². The van der Waals surface area contributed by atoms with Gasteiger partial charge in [0.25, 0.3) is 0 Å². The van der Waals surface area contributed by atoms with Gasteiger partial charge >= 0.3 is 29.0 Å². The van der Waals surface area contributed by atoms with Gasteiger partial charge in [-0.05, 0) is 11.9 Å². The molecule has 0 saturated heterocycles. The van der Waals surface area contributed by atoms with E-state index in [1.54, 1.807) is 12.4 Å². The van der Waals surface area contributed by atoms with E-state index in [0.29, 0.717) is 0 Å². The monoisotopic (exact) mass is 318 g/mol. The minimum atomic E-state index is -1.82. The van der Waals surface area contributed by atoms with Gasteiger partial charge in [0.1, 0.15) is 0 Å². The molecule has 108 valence electrons. The van der Waals surface area contributed by atoms with Crippen LogP contribution in [0.5, 0.6) is 0 Å². The summed E-state index contributed by atoms with van der Waals surface area (Å²) in [6.45, 7) is 0.861. The molecule has 0 radical (unpaired) electrons. The number of carboxylic acid groups (broad SMARTS) is 2. The van der Waals surface area contributed by atoms with Crippen LogP contribution in [0.15, 0.2) is 30.6 Å². The first kappa shape index (κ1) is 19.3. The van der Waals surface area contributed by atoms with Gasteiger partial charge in [0.15, 0.2) is 0 Å². The van der Waals surface area contributed by atoms with Crippen LogP contribution in [0.4, 0.5) is 0 Å². The quantitative estimate of drug-likeness (QED) is 0.333. The summed E-state index contributed by atoms with van der Waals surface area (Å²) in [7, 11) is 0. The zero-order valence-corrected chi connectivity index (χ0v) is 10.5. The molecule has 0 saturated carbocycles. The van der Waals surface area contributed by atoms with Crippen LogP contribution in [0, 0.1) is 0 Å². The summed E-state index contributed by atoms with van der Waals surface area (Å²) in [5.41, 5.74) is 0.998. The number of aliphatic carboxylic acids is 2. The predicted octanol–water partition coefficient (Wildman–Crippen LogP) is -1.23. The fourth-order valence-electron chi connectivity index (χ4n) is 0.994. The summed E-state index contributed by atoms with van der Waals surface area (Å²) in [6.07, 6.45) is 9.40. The van der Waals surface area contributed by atoms with Gasteiger partial charge in [-0.1, -0.05) is 24.5 Å². The molecule has 2 heterocycles. The molecule has 1 aromatic heterocycles. The van der Waals surface area contributed by atoms with Crippen LogP contribution in [0.25, 0.3) is 5.70 Å². The number of carbonyl (C=O) groups is 2. The molecular formula is C10H13CuN3O5+. The SMILES string of the molecule is C1=CCNC(c2ncc[n-]2)=C1.O=C(O)C(=O)O.[Cu+].[OH3+]. The second-order valence-electron chi connectivity index (χ2n) is 2.88. The molecule has 1 aliphatic rings. The molecule has 0 atom stereocenters. The minimum Gasteiger partial charge on any atom is -0.473 e. The Morgan fingerprint density at radius 1 is 1.32 bits per heavy atom. The average Bonchev–Trinajstić information content (AvgIpc) is 2.84. The van der Waals surface area contributed by atoms with E-state index >= 15 is 0 Å². The number of allylic oxidation sites excluding steroid dienone is 2. The molecule has 1 aromatic rings. The number of aromatic nitrogens is 2. The van der Waals surface area contributed by atoms with Crippen LogP contribution in [-0.2, 0) is 32.1 Å². The van der Waals surface area contributed by atoms with E-state index in [4.69, 9.17) is 19.8 Å². The molecule has 2 rings (SSSR count). The van der Waals surface area contributed by atoms with Gasteiger partial charge < -0.3 is 31.0 Å². The molecule has 6 N–H and O–H groups in total. The summed E-state index contributed by atoms with van der Waals surface area (Å²) >= 11 is 0. The van der Waals surface area contributed by atoms with Crippen molar-refractivity contribution in [1.29, 1.82) is 0 Å². The van der Waals surface area contributed by atoms with Crippen LogP contribution in [0.3, 0.4) is 0 Å². The molecule has 0 unspecified atom stereocenters. The van der Waals surface area contributed by atoms with Gasteiger partial charge in [0, 0.05) is 12.2 Å². The van der Waals surface area contributed by atoms with Gasteiger partial charge in [0.05, 0.1) is 0 Å². The van der Waals surface area contributed by atoms with E-state index in [1.165, 1.54) is 0 Å². The molecule has 9 heteroatoms. The summed E-state index contributed by atoms with van der Waals surface area (Å²) in [6, 6.07) is 0. The fourth-order valence-corrected chi connectivity index (χ4v) is 0.994. The second-order valence-corrected chi connectivity index (χ2v) is 2.88. The van der Waals surface area contributed by atoms with E-state index < -0.39 is 11.9 Å². The molecule has 0 spiro atoms. The van der Waals surface area contributed by atoms with Crippen molar-refractivity contribution in [3.63, 3.8) is 0 Å². The largest absolute Gasteiger partial charge is 1.00 e. The molecule has 0 aliphatic carbocycles. The molecule has 0 bridgehead atoms. The molecule has 0 aromatic carbocycles. The van der Waals surface area contributed by atoms with Crippen molar-refractivity contribution >= 4 is 17.6 Å². The zero-order valence-electron chi connectivity index (χ0n) is 9.58. The molecular weight excluding hydrogens is 306 g/mol. The Hall–Kier alpha value is -2.09. The predicted molar refractivity (Wildman–Crippen MR) is 62.8 cm³/mol. The Bertz CT molecular complexity index is 444. The second kappa shape index (κ2) is 9.89. The third-order valence-corrected chi connectivity index (χ3v) is 1.69. The number of carboxylic acids is 2. The van der Waals surface area contributed by atoms with E-state index in [9.17, 15) is 0 Å². The number of imidazole rings is 1. The van der Waals surface area contributed by atoms with Crippen molar-refractivity contribution in [2.45, 2.75) is 0 Å². The topological polar surface area (TPSA) is 147 Å². The fraction of sp³-hybridized carbons (Fsp3) is 0.100. The first-order chi connectivity index (χ1) is 8.11. The van der Waals surface area contributed by atoms with Crippen molar-refractivity contribution in [3.05, 3.63) is 36.4 Å². The standard InChI is InChI=1S/C8H8N3.C2H2O4.Cu.H2O/c1-2-4-9-7(3-1)8-10-5-6-11-8;3-1(4)2(5)6;;/h1-3,5-6,9H,4H2;(H,3,4)(H,5,6);;1H2/q-1;;+1;/p+1. The summed E-state index contributed by atoms with van der Waals surface area (Å²) in [5.74, 6) is -2.88. The van der Waals surface area contributed by atoms with Crippen molar-refractivity contribution in [2.75, 3.05) is 6.54 Å². The minimum absolute atomic E-state index is 0. The number of hydrogen-bond acceptors (Lipinski definition) is 4. The van der Waals surface area contributed by atoms with Gasteiger partial charge in [0.2, 0.25) is 0 Å². The molecule has 19 heavy (non-hydrogen) atoms. The Balaban J connectivity index is 0. The molecule has 1 aliphatic heterocycles. The van der Waals surface area contributed by atoms with Gasteiger partial charge in [-0.2, -0.15) is 0 Å². The zero-order chi connectivity index (χ0) is 12.7. The van der Waals surface area contributed by atoms with Gasteiger partial charge in [-0.15, -0.1) is 0 Å². The normalized spacial score (nSPS) is 11.5. The average molecular weight is 319 g/mol. The number of rotatable bonds is 1. The number of nitrogens with zero attached hydrogens (tertiary/aromatic N) is 2. The van der Waals surface area contributed by atoms with Gasteiger partial charge in [-0.3, -0.25) is 0 Å². The number of hydrogen-bond donors (Lipinski definition) is 3. The molecule has 0 fully saturated rings. The van der Waals surface area contributed by atoms with E-state index in [0.717, 1.165) is 18.1 Å². The third kappa shape index (κ3) is 7.04. The third-order valence-electron chi connectivity index (χ3n) is 1.69. The van der Waals surface area contributed by atoms with E-state index in [2.05, 4.69) is 15.3 Å². The summed E-state index contributed by atoms with van der Waals surface area (Å²) in [4.78, 5) is 26.3. The summed E-state index contributed by atoms with van der Waals surface area (Å²) < 4.78 is 0. The van der Waals surface area contributed by atoms with Crippen molar-refractivity contribution in [3.8, 4) is 0 Å².